The van der Waals surface area contributed by atoms with Gasteiger partial charge in [0.1, 0.15) is 11.2 Å². The number of aliphatic hydroxyl groups excluding tert-OH is 1. The lowest BCUT2D eigenvalue weighted by molar-refractivity contribution is 0.187. The Hall–Kier alpha value is -2.51. The zero-order chi connectivity index (χ0) is 18.6. The van der Waals surface area contributed by atoms with Crippen molar-refractivity contribution in [3.8, 4) is 0 Å². The fraction of sp³-hybridized carbons (Fsp3) is 0.450. The molecule has 1 aliphatic heterocycles. The number of anilines is 1. The highest BCUT2D eigenvalue weighted by Crippen LogP contribution is 2.51. The number of nitrogens with two attached hydrogens (primary N) is 1. The van der Waals surface area contributed by atoms with E-state index < -0.39 is 0 Å². The third-order valence-corrected chi connectivity index (χ3v) is 6.41. The van der Waals surface area contributed by atoms with Crippen molar-refractivity contribution in [1.82, 2.24) is 20.2 Å². The number of aromatic amines is 1. The lowest BCUT2D eigenvalue weighted by Gasteiger charge is -2.42. The highest BCUT2D eigenvalue weighted by molar-refractivity contribution is 5.75. The highest BCUT2D eigenvalue weighted by atomic mass is 16.3. The molecule has 2 aromatic heterocycles. The van der Waals surface area contributed by atoms with Crippen LogP contribution in [0.2, 0.25) is 0 Å². The van der Waals surface area contributed by atoms with Gasteiger partial charge in [-0.25, -0.2) is 9.97 Å². The SMILES string of the molecule is Cc1[nH]nc2nc(N3CCC4(CC3)Cc3ccccc3[C@H]4N)c(CO)nc12. The van der Waals surface area contributed by atoms with Gasteiger partial charge in [0.2, 0.25) is 5.65 Å². The van der Waals surface area contributed by atoms with Gasteiger partial charge in [0.25, 0.3) is 0 Å². The number of H-pyrrole nitrogens is 1. The average Bonchev–Trinajstić information content (AvgIpc) is 3.19. The van der Waals surface area contributed by atoms with Crippen molar-refractivity contribution in [3.63, 3.8) is 0 Å². The Morgan fingerprint density at radius 3 is 2.78 bits per heavy atom. The van der Waals surface area contributed by atoms with Crippen LogP contribution in [0.15, 0.2) is 24.3 Å². The Balaban J connectivity index is 1.42. The Morgan fingerprint density at radius 1 is 1.26 bits per heavy atom. The first-order valence-corrected chi connectivity index (χ1v) is 9.52. The predicted molar refractivity (Wildman–Crippen MR) is 103 cm³/mol. The van der Waals surface area contributed by atoms with Crippen LogP contribution in [-0.2, 0) is 13.0 Å². The number of nitrogens with one attached hydrogen (secondary N) is 1. The summed E-state index contributed by atoms with van der Waals surface area (Å²) in [6.45, 7) is 3.50. The third kappa shape index (κ3) is 2.45. The van der Waals surface area contributed by atoms with Crippen molar-refractivity contribution in [2.75, 3.05) is 18.0 Å². The topological polar surface area (TPSA) is 104 Å². The van der Waals surface area contributed by atoms with Crippen molar-refractivity contribution >= 4 is 17.0 Å². The Bertz CT molecular complexity index is 1000. The van der Waals surface area contributed by atoms with Gasteiger partial charge in [-0.15, -0.1) is 0 Å². The summed E-state index contributed by atoms with van der Waals surface area (Å²) < 4.78 is 0. The molecule has 3 heterocycles. The minimum Gasteiger partial charge on any atom is -0.390 e. The minimum absolute atomic E-state index is 0.0933. The molecule has 7 heteroatoms. The number of aliphatic hydroxyl groups is 1. The van der Waals surface area contributed by atoms with Crippen molar-refractivity contribution < 1.29 is 5.11 Å². The molecule has 0 unspecified atom stereocenters. The van der Waals surface area contributed by atoms with Crippen LogP contribution in [-0.4, -0.2) is 38.4 Å². The molecule has 1 spiro atoms. The lowest BCUT2D eigenvalue weighted by atomic mass is 9.73. The molecule has 1 aromatic carbocycles. The van der Waals surface area contributed by atoms with E-state index in [9.17, 15) is 5.11 Å². The quantitative estimate of drug-likeness (QED) is 0.642. The molecule has 27 heavy (non-hydrogen) atoms. The normalized spacial score (nSPS) is 21.1. The zero-order valence-electron chi connectivity index (χ0n) is 15.4. The molecular formula is C20H24N6O. The monoisotopic (exact) mass is 364 g/mol. The van der Waals surface area contributed by atoms with Crippen LogP contribution >= 0.6 is 0 Å². The van der Waals surface area contributed by atoms with Crippen LogP contribution in [0.5, 0.6) is 0 Å². The predicted octanol–water partition coefficient (Wildman–Crippen LogP) is 2.00. The van der Waals surface area contributed by atoms with E-state index in [1.807, 2.05) is 6.92 Å². The number of rotatable bonds is 2. The smallest absolute Gasteiger partial charge is 0.201 e. The first-order chi connectivity index (χ1) is 13.1. The molecular weight excluding hydrogens is 340 g/mol. The first kappa shape index (κ1) is 16.6. The van der Waals surface area contributed by atoms with Gasteiger partial charge in [0, 0.05) is 19.1 Å². The lowest BCUT2D eigenvalue weighted by Crippen LogP contribution is -2.45. The van der Waals surface area contributed by atoms with Gasteiger partial charge in [-0.2, -0.15) is 5.10 Å². The zero-order valence-corrected chi connectivity index (χ0v) is 15.4. The Labute approximate surface area is 157 Å². The molecule has 2 aliphatic rings. The molecule has 1 saturated heterocycles. The number of hydrogen-bond donors (Lipinski definition) is 3. The summed E-state index contributed by atoms with van der Waals surface area (Å²) >= 11 is 0. The molecule has 5 rings (SSSR count). The van der Waals surface area contributed by atoms with E-state index >= 15 is 0 Å². The Morgan fingerprint density at radius 2 is 2.04 bits per heavy atom. The van der Waals surface area contributed by atoms with Gasteiger partial charge < -0.3 is 15.7 Å². The van der Waals surface area contributed by atoms with Gasteiger partial charge in [0.15, 0.2) is 5.82 Å². The van der Waals surface area contributed by atoms with E-state index in [2.05, 4.69) is 44.3 Å². The summed E-state index contributed by atoms with van der Waals surface area (Å²) in [5.41, 5.74) is 12.3. The van der Waals surface area contributed by atoms with Gasteiger partial charge in [-0.05, 0) is 42.7 Å². The molecule has 4 N–H and O–H groups in total. The van der Waals surface area contributed by atoms with E-state index in [-0.39, 0.29) is 18.1 Å². The van der Waals surface area contributed by atoms with E-state index in [1.165, 1.54) is 11.1 Å². The maximum absolute atomic E-state index is 9.82. The fourth-order valence-electron chi connectivity index (χ4n) is 4.80. The third-order valence-electron chi connectivity index (χ3n) is 6.41. The number of aryl methyl sites for hydroxylation is 1. The van der Waals surface area contributed by atoms with Gasteiger partial charge >= 0.3 is 0 Å². The van der Waals surface area contributed by atoms with Crippen molar-refractivity contribution in [3.05, 3.63) is 46.8 Å². The molecule has 0 bridgehead atoms. The number of aromatic nitrogens is 4. The molecule has 0 amide bonds. The van der Waals surface area contributed by atoms with Crippen molar-refractivity contribution in [1.29, 1.82) is 0 Å². The van der Waals surface area contributed by atoms with Crippen LogP contribution in [0, 0.1) is 12.3 Å². The second kappa shape index (κ2) is 6.00. The second-order valence-corrected chi connectivity index (χ2v) is 7.88. The minimum atomic E-state index is -0.129. The van der Waals surface area contributed by atoms with Gasteiger partial charge in [0.05, 0.1) is 12.3 Å². The largest absolute Gasteiger partial charge is 0.390 e. The number of benzene rings is 1. The summed E-state index contributed by atoms with van der Waals surface area (Å²) in [6, 6.07) is 8.65. The summed E-state index contributed by atoms with van der Waals surface area (Å²) in [5, 5.41) is 17.0. The molecule has 140 valence electrons. The van der Waals surface area contributed by atoms with Crippen LogP contribution in [0.25, 0.3) is 11.2 Å². The second-order valence-electron chi connectivity index (χ2n) is 7.88. The van der Waals surface area contributed by atoms with Gasteiger partial charge in [-0.3, -0.25) is 5.10 Å². The van der Waals surface area contributed by atoms with E-state index in [4.69, 9.17) is 10.7 Å². The molecule has 1 atom stereocenters. The molecule has 0 radical (unpaired) electrons. The number of fused-ring (bicyclic) bond motifs is 2. The maximum atomic E-state index is 9.82. The summed E-state index contributed by atoms with van der Waals surface area (Å²) in [6.07, 6.45) is 3.06. The standard InChI is InChI=1S/C20H24N6O/c1-12-16-18(25-24-12)23-19(15(11-27)22-16)26-8-6-20(7-9-26)10-13-4-2-3-5-14(13)17(20)21/h2-5,17,27H,6-11,21H2,1H3,(H,23,24,25)/t17-/m1/s1. The summed E-state index contributed by atoms with van der Waals surface area (Å²) in [5.74, 6) is 0.746. The van der Waals surface area contributed by atoms with E-state index in [1.54, 1.807) is 0 Å². The Kier molecular flexibility index (Phi) is 3.70. The maximum Gasteiger partial charge on any atom is 0.201 e. The number of nitrogens with zero attached hydrogens (tertiary/aromatic N) is 4. The molecule has 1 fully saturated rings. The average molecular weight is 364 g/mol. The fourth-order valence-corrected chi connectivity index (χ4v) is 4.80. The molecule has 0 saturated carbocycles. The van der Waals surface area contributed by atoms with Crippen LogP contribution < -0.4 is 10.6 Å². The van der Waals surface area contributed by atoms with Crippen LogP contribution in [0.1, 0.15) is 41.4 Å². The number of hydrogen-bond acceptors (Lipinski definition) is 6. The van der Waals surface area contributed by atoms with Crippen molar-refractivity contribution in [2.24, 2.45) is 11.1 Å². The van der Waals surface area contributed by atoms with E-state index in [0.717, 1.165) is 49.4 Å². The van der Waals surface area contributed by atoms with Crippen LogP contribution in [0.4, 0.5) is 5.82 Å². The molecule has 7 nitrogen and oxygen atoms in total. The first-order valence-electron chi connectivity index (χ1n) is 9.52. The number of piperidine rings is 1. The summed E-state index contributed by atoms with van der Waals surface area (Å²) in [4.78, 5) is 11.5. The summed E-state index contributed by atoms with van der Waals surface area (Å²) in [7, 11) is 0. The molecule has 3 aromatic rings. The van der Waals surface area contributed by atoms with Crippen LogP contribution in [0.3, 0.4) is 0 Å². The molecule has 1 aliphatic carbocycles. The van der Waals surface area contributed by atoms with Crippen molar-refractivity contribution in [2.45, 2.75) is 38.8 Å². The van der Waals surface area contributed by atoms with Gasteiger partial charge in [-0.1, -0.05) is 24.3 Å². The van der Waals surface area contributed by atoms with E-state index in [0.29, 0.717) is 11.3 Å². The highest BCUT2D eigenvalue weighted by Gasteiger charge is 2.46.